The van der Waals surface area contributed by atoms with Crippen molar-refractivity contribution >= 4 is 19.0 Å². The van der Waals surface area contributed by atoms with Crippen molar-refractivity contribution in [1.82, 2.24) is 9.55 Å². The summed E-state index contributed by atoms with van der Waals surface area (Å²) in [6, 6.07) is 5.09. The lowest BCUT2D eigenvalue weighted by molar-refractivity contribution is 0.00125. The first-order valence-electron chi connectivity index (χ1n) is 10.2. The summed E-state index contributed by atoms with van der Waals surface area (Å²) in [5, 5.41) is 21.1. The molecule has 2 aromatic heterocycles. The minimum Gasteiger partial charge on any atom is -0.389 e. The van der Waals surface area contributed by atoms with Crippen molar-refractivity contribution in [2.75, 3.05) is 6.61 Å². The fraction of sp³-hybridized carbons (Fsp3) is 0.619. The van der Waals surface area contributed by atoms with Crippen LogP contribution in [0.2, 0.25) is 25.7 Å². The van der Waals surface area contributed by atoms with E-state index in [0.29, 0.717) is 29.5 Å². The highest BCUT2D eigenvalue weighted by atomic mass is 28.3. The molecule has 2 heterocycles. The molecule has 0 aromatic carbocycles. The molecule has 1 saturated carbocycles. The molecular formula is C21H31N3O3Si. The van der Waals surface area contributed by atoms with E-state index in [9.17, 15) is 15.2 Å². The van der Waals surface area contributed by atoms with E-state index >= 15 is 0 Å². The molecule has 0 atom stereocenters. The molecule has 2 N–H and O–H groups in total. The van der Waals surface area contributed by atoms with Crippen LogP contribution in [0.5, 0.6) is 0 Å². The number of hydrogen-bond acceptors (Lipinski definition) is 4. The van der Waals surface area contributed by atoms with E-state index in [1.807, 2.05) is 10.6 Å². The third-order valence-corrected chi connectivity index (χ3v) is 7.37. The van der Waals surface area contributed by atoms with Gasteiger partial charge in [-0.3, -0.25) is 4.79 Å². The van der Waals surface area contributed by atoms with Crippen LogP contribution in [-0.4, -0.2) is 34.9 Å². The van der Waals surface area contributed by atoms with Gasteiger partial charge in [0.25, 0.3) is 5.56 Å². The Kier molecular flexibility index (Phi) is 6.13. The van der Waals surface area contributed by atoms with E-state index in [-0.39, 0.29) is 12.3 Å². The van der Waals surface area contributed by atoms with E-state index in [1.54, 1.807) is 0 Å². The molecule has 0 bridgehead atoms. The van der Waals surface area contributed by atoms with Gasteiger partial charge >= 0.3 is 0 Å². The third-order valence-electron chi connectivity index (χ3n) is 5.67. The largest absolute Gasteiger partial charge is 0.389 e. The zero-order chi connectivity index (χ0) is 20.4. The number of nitriles is 1. The summed E-state index contributed by atoms with van der Waals surface area (Å²) in [6.07, 6.45) is 6.67. The Balaban J connectivity index is 1.95. The second-order valence-corrected chi connectivity index (χ2v) is 14.9. The Labute approximate surface area is 167 Å². The van der Waals surface area contributed by atoms with E-state index in [2.05, 4.69) is 30.7 Å². The Morgan fingerprint density at radius 2 is 2.04 bits per heavy atom. The first-order valence-corrected chi connectivity index (χ1v) is 13.9. The topological polar surface area (TPSA) is 91.0 Å². The Morgan fingerprint density at radius 1 is 1.32 bits per heavy atom. The third kappa shape index (κ3) is 4.74. The van der Waals surface area contributed by atoms with Crippen molar-refractivity contribution in [3.8, 4) is 6.07 Å². The number of aliphatic hydroxyl groups is 1. The van der Waals surface area contributed by atoms with Gasteiger partial charge < -0.3 is 19.4 Å². The minimum atomic E-state index is -1.20. The average Bonchev–Trinajstić information content (AvgIpc) is 2.97. The van der Waals surface area contributed by atoms with Crippen molar-refractivity contribution < 1.29 is 9.84 Å². The summed E-state index contributed by atoms with van der Waals surface area (Å²) in [5.74, 6) is 0. The standard InChI is InChI=1S/C21H31N3O3Si/c1-28(2,3)10-9-27-15-24-17(12-21(26)7-5-4-6-8-21)11-18-16(13-22)14-23-20(25)19(18)24/h11,14,26H,4-10,12,15H2,1-3H3,(H,23,25). The molecule has 1 fully saturated rings. The van der Waals surface area contributed by atoms with Crippen molar-refractivity contribution in [2.45, 2.75) is 76.5 Å². The smallest absolute Gasteiger partial charge is 0.272 e. The highest BCUT2D eigenvalue weighted by Gasteiger charge is 2.31. The number of aromatic amines is 1. The first kappa shape index (κ1) is 20.8. The fourth-order valence-corrected chi connectivity index (χ4v) is 4.74. The number of H-pyrrole nitrogens is 1. The van der Waals surface area contributed by atoms with Gasteiger partial charge in [0, 0.05) is 38.4 Å². The SMILES string of the molecule is C[Si](C)(C)CCOCn1c(CC2(O)CCCCC2)cc2c(C#N)c[nH]c(=O)c21. The first-order chi connectivity index (χ1) is 13.2. The molecule has 0 radical (unpaired) electrons. The Morgan fingerprint density at radius 3 is 2.68 bits per heavy atom. The minimum absolute atomic E-state index is 0.232. The van der Waals surface area contributed by atoms with Crippen molar-refractivity contribution in [1.29, 1.82) is 5.26 Å². The molecule has 28 heavy (non-hydrogen) atoms. The molecule has 1 aliphatic rings. The van der Waals surface area contributed by atoms with Crippen LogP contribution in [0.25, 0.3) is 10.9 Å². The number of aromatic nitrogens is 2. The second kappa shape index (κ2) is 8.24. The molecule has 152 valence electrons. The lowest BCUT2D eigenvalue weighted by atomic mass is 9.81. The number of ether oxygens (including phenoxy) is 1. The molecule has 1 aliphatic carbocycles. The summed E-state index contributed by atoms with van der Waals surface area (Å²) in [6.45, 7) is 7.81. The second-order valence-electron chi connectivity index (χ2n) is 9.28. The van der Waals surface area contributed by atoms with Crippen LogP contribution in [0, 0.1) is 11.3 Å². The van der Waals surface area contributed by atoms with E-state index < -0.39 is 13.7 Å². The molecule has 2 aromatic rings. The van der Waals surface area contributed by atoms with Crippen LogP contribution in [0.4, 0.5) is 0 Å². The van der Waals surface area contributed by atoms with Crippen molar-refractivity contribution in [3.63, 3.8) is 0 Å². The summed E-state index contributed by atoms with van der Waals surface area (Å²) in [4.78, 5) is 15.2. The molecule has 3 rings (SSSR count). The fourth-order valence-electron chi connectivity index (χ4n) is 3.98. The number of rotatable bonds is 7. The Hall–Kier alpha value is -1.88. The number of pyridine rings is 1. The number of hydrogen-bond donors (Lipinski definition) is 2. The molecule has 0 amide bonds. The molecule has 0 unspecified atom stereocenters. The highest BCUT2D eigenvalue weighted by molar-refractivity contribution is 6.76. The van der Waals surface area contributed by atoms with Gasteiger partial charge in [-0.2, -0.15) is 5.26 Å². The highest BCUT2D eigenvalue weighted by Crippen LogP contribution is 2.33. The van der Waals surface area contributed by atoms with Crippen LogP contribution in [0.3, 0.4) is 0 Å². The van der Waals surface area contributed by atoms with E-state index in [0.717, 1.165) is 43.8 Å². The molecule has 0 spiro atoms. The lowest BCUT2D eigenvalue weighted by Gasteiger charge is -2.32. The molecular weight excluding hydrogens is 370 g/mol. The zero-order valence-electron chi connectivity index (χ0n) is 17.2. The van der Waals surface area contributed by atoms with Gasteiger partial charge in [0.2, 0.25) is 0 Å². The van der Waals surface area contributed by atoms with Gasteiger partial charge in [-0.25, -0.2) is 0 Å². The summed E-state index contributed by atoms with van der Waals surface area (Å²) < 4.78 is 7.79. The maximum Gasteiger partial charge on any atom is 0.272 e. The van der Waals surface area contributed by atoms with Gasteiger partial charge in [-0.1, -0.05) is 38.9 Å². The van der Waals surface area contributed by atoms with Gasteiger partial charge in [0.1, 0.15) is 18.3 Å². The van der Waals surface area contributed by atoms with Crippen molar-refractivity contribution in [3.05, 3.63) is 33.9 Å². The Bertz CT molecular complexity index is 927. The molecule has 6 nitrogen and oxygen atoms in total. The average molecular weight is 402 g/mol. The maximum atomic E-state index is 12.5. The van der Waals surface area contributed by atoms with Crippen LogP contribution in [0.1, 0.15) is 43.4 Å². The zero-order valence-corrected chi connectivity index (χ0v) is 18.2. The number of fused-ring (bicyclic) bond motifs is 1. The van der Waals surface area contributed by atoms with Gasteiger partial charge in [-0.05, 0) is 25.0 Å². The van der Waals surface area contributed by atoms with Gasteiger partial charge in [0.05, 0.1) is 11.2 Å². The number of nitrogens with one attached hydrogen (secondary N) is 1. The van der Waals surface area contributed by atoms with E-state index in [4.69, 9.17) is 4.74 Å². The molecule has 0 saturated heterocycles. The summed E-state index contributed by atoms with van der Waals surface area (Å²) in [7, 11) is -1.20. The van der Waals surface area contributed by atoms with Gasteiger partial charge in [-0.15, -0.1) is 0 Å². The summed E-state index contributed by atoms with van der Waals surface area (Å²) in [5.41, 5.74) is 0.779. The van der Waals surface area contributed by atoms with Crippen LogP contribution in [-0.2, 0) is 17.9 Å². The predicted molar refractivity (Wildman–Crippen MR) is 113 cm³/mol. The van der Waals surface area contributed by atoms with Crippen molar-refractivity contribution in [2.24, 2.45) is 0 Å². The van der Waals surface area contributed by atoms with E-state index in [1.165, 1.54) is 6.20 Å². The normalized spacial score (nSPS) is 17.0. The monoisotopic (exact) mass is 401 g/mol. The maximum absolute atomic E-state index is 12.5. The van der Waals surface area contributed by atoms with Crippen LogP contribution >= 0.6 is 0 Å². The van der Waals surface area contributed by atoms with Gasteiger partial charge in [0.15, 0.2) is 0 Å². The molecule has 0 aliphatic heterocycles. The quantitative estimate of drug-likeness (QED) is 0.546. The summed E-state index contributed by atoms with van der Waals surface area (Å²) >= 11 is 0. The van der Waals surface area contributed by atoms with Crippen LogP contribution < -0.4 is 5.56 Å². The predicted octanol–water partition coefficient (Wildman–Crippen LogP) is 3.75. The lowest BCUT2D eigenvalue weighted by Crippen LogP contribution is -2.34. The molecule has 7 heteroatoms. The van der Waals surface area contributed by atoms with Crippen LogP contribution in [0.15, 0.2) is 17.1 Å². The number of nitrogens with zero attached hydrogens (tertiary/aromatic N) is 2.